The van der Waals surface area contributed by atoms with Crippen LogP contribution in [0, 0.1) is 5.41 Å². The lowest BCUT2D eigenvalue weighted by atomic mass is 10.0. The molecule has 0 aliphatic heterocycles. The largest absolute Gasteiger partial charge is 0.396 e. The van der Waals surface area contributed by atoms with Gasteiger partial charge in [0.05, 0.1) is 5.69 Å². The van der Waals surface area contributed by atoms with E-state index in [0.29, 0.717) is 5.41 Å². The summed E-state index contributed by atoms with van der Waals surface area (Å²) in [6.07, 6.45) is 3.27. The van der Waals surface area contributed by atoms with Crippen molar-refractivity contribution in [2.75, 3.05) is 18.5 Å². The predicted octanol–water partition coefficient (Wildman–Crippen LogP) is 4.04. The van der Waals surface area contributed by atoms with Crippen LogP contribution < -0.4 is 5.32 Å². The first-order valence-corrected chi connectivity index (χ1v) is 8.03. The number of anilines is 1. The molecule has 1 aliphatic rings. The van der Waals surface area contributed by atoms with Gasteiger partial charge in [-0.15, -0.1) is 11.3 Å². The van der Waals surface area contributed by atoms with Crippen molar-refractivity contribution in [3.05, 3.63) is 34.7 Å². The first-order valence-electron chi connectivity index (χ1n) is 6.78. The smallest absolute Gasteiger partial charge is 0.183 e. The molecule has 2 aromatic rings. The number of hydrogen-bond donors (Lipinski definition) is 2. The highest BCUT2D eigenvalue weighted by atomic mass is 35.5. The van der Waals surface area contributed by atoms with Crippen LogP contribution >= 0.6 is 22.9 Å². The lowest BCUT2D eigenvalue weighted by molar-refractivity contribution is 0.253. The minimum absolute atomic E-state index is 0.268. The van der Waals surface area contributed by atoms with Gasteiger partial charge < -0.3 is 10.4 Å². The zero-order chi connectivity index (χ0) is 14.0. The average Bonchev–Trinajstić information content (AvgIpc) is 3.05. The molecule has 3 nitrogen and oxygen atoms in total. The summed E-state index contributed by atoms with van der Waals surface area (Å²) in [6.45, 7) is 1.16. The van der Waals surface area contributed by atoms with Gasteiger partial charge in [0.15, 0.2) is 5.13 Å². The van der Waals surface area contributed by atoms with Crippen LogP contribution in [0.15, 0.2) is 29.6 Å². The second-order valence-corrected chi connectivity index (χ2v) is 6.61. The molecule has 0 spiro atoms. The van der Waals surface area contributed by atoms with Gasteiger partial charge >= 0.3 is 0 Å². The maximum Gasteiger partial charge on any atom is 0.183 e. The SMILES string of the molecule is OCCC1(CNc2nc(-c3ccccc3Cl)cs2)CC1. The van der Waals surface area contributed by atoms with Gasteiger partial charge in [0, 0.05) is 29.1 Å². The van der Waals surface area contributed by atoms with Crippen LogP contribution in [-0.4, -0.2) is 23.2 Å². The molecule has 1 fully saturated rings. The molecule has 0 atom stereocenters. The highest BCUT2D eigenvalue weighted by Crippen LogP contribution is 2.48. The zero-order valence-electron chi connectivity index (χ0n) is 11.1. The summed E-state index contributed by atoms with van der Waals surface area (Å²) in [7, 11) is 0. The summed E-state index contributed by atoms with van der Waals surface area (Å²) in [4.78, 5) is 4.59. The second-order valence-electron chi connectivity index (χ2n) is 5.34. The van der Waals surface area contributed by atoms with E-state index in [-0.39, 0.29) is 6.61 Å². The number of halogens is 1. The number of nitrogens with one attached hydrogen (secondary N) is 1. The molecule has 1 aromatic heterocycles. The molecular weight excluding hydrogens is 292 g/mol. The van der Waals surface area contributed by atoms with Crippen molar-refractivity contribution in [3.8, 4) is 11.3 Å². The number of hydrogen-bond acceptors (Lipinski definition) is 4. The van der Waals surface area contributed by atoms with Crippen molar-refractivity contribution >= 4 is 28.1 Å². The third-order valence-electron chi connectivity index (χ3n) is 3.87. The quantitative estimate of drug-likeness (QED) is 0.846. The van der Waals surface area contributed by atoms with Crippen molar-refractivity contribution in [3.63, 3.8) is 0 Å². The zero-order valence-corrected chi connectivity index (χ0v) is 12.7. The third-order valence-corrected chi connectivity index (χ3v) is 5.00. The molecule has 5 heteroatoms. The van der Waals surface area contributed by atoms with E-state index in [1.54, 1.807) is 11.3 Å². The highest BCUT2D eigenvalue weighted by molar-refractivity contribution is 7.14. The Morgan fingerprint density at radius 3 is 2.85 bits per heavy atom. The molecule has 1 aliphatic carbocycles. The van der Waals surface area contributed by atoms with Crippen molar-refractivity contribution in [1.29, 1.82) is 0 Å². The first-order chi connectivity index (χ1) is 9.72. The van der Waals surface area contributed by atoms with Gasteiger partial charge in [-0.2, -0.15) is 0 Å². The van der Waals surface area contributed by atoms with Crippen LogP contribution in [0.1, 0.15) is 19.3 Å². The predicted molar refractivity (Wildman–Crippen MR) is 84.4 cm³/mol. The van der Waals surface area contributed by atoms with Gasteiger partial charge in [-0.05, 0) is 30.7 Å². The Balaban J connectivity index is 1.67. The third kappa shape index (κ3) is 2.97. The summed E-state index contributed by atoms with van der Waals surface area (Å²) in [5.74, 6) is 0. The molecule has 0 amide bonds. The molecule has 1 saturated carbocycles. The van der Waals surface area contributed by atoms with E-state index in [2.05, 4.69) is 10.3 Å². The molecule has 0 saturated heterocycles. The van der Waals surface area contributed by atoms with E-state index in [0.717, 1.165) is 34.4 Å². The summed E-state index contributed by atoms with van der Waals surface area (Å²) < 4.78 is 0. The minimum Gasteiger partial charge on any atom is -0.396 e. The number of benzene rings is 1. The normalized spacial score (nSPS) is 16.1. The van der Waals surface area contributed by atoms with Gasteiger partial charge in [-0.3, -0.25) is 0 Å². The summed E-state index contributed by atoms with van der Waals surface area (Å²) in [6, 6.07) is 7.75. The van der Waals surface area contributed by atoms with Gasteiger partial charge in [-0.1, -0.05) is 29.8 Å². The van der Waals surface area contributed by atoms with Crippen LogP contribution in [0.4, 0.5) is 5.13 Å². The summed E-state index contributed by atoms with van der Waals surface area (Å²) in [5.41, 5.74) is 2.18. The topological polar surface area (TPSA) is 45.1 Å². The van der Waals surface area contributed by atoms with E-state index in [1.807, 2.05) is 29.6 Å². The lowest BCUT2D eigenvalue weighted by Crippen LogP contribution is -2.16. The molecule has 106 valence electrons. The fourth-order valence-corrected chi connectivity index (χ4v) is 3.28. The van der Waals surface area contributed by atoms with E-state index in [1.165, 1.54) is 12.8 Å². The molecule has 1 aromatic carbocycles. The lowest BCUT2D eigenvalue weighted by Gasteiger charge is -2.13. The Hall–Kier alpha value is -1.10. The Kier molecular flexibility index (Phi) is 3.96. The number of rotatable bonds is 6. The Bertz CT molecular complexity index is 595. The van der Waals surface area contributed by atoms with Crippen LogP contribution in [0.25, 0.3) is 11.3 Å². The average molecular weight is 309 g/mol. The molecule has 0 unspecified atom stereocenters. The highest BCUT2D eigenvalue weighted by Gasteiger charge is 2.41. The summed E-state index contributed by atoms with van der Waals surface area (Å²) >= 11 is 7.78. The van der Waals surface area contributed by atoms with E-state index in [9.17, 15) is 0 Å². The van der Waals surface area contributed by atoms with Gasteiger partial charge in [0.1, 0.15) is 0 Å². The number of nitrogens with zero attached hydrogens (tertiary/aromatic N) is 1. The number of aromatic nitrogens is 1. The second kappa shape index (κ2) is 5.72. The molecule has 20 heavy (non-hydrogen) atoms. The monoisotopic (exact) mass is 308 g/mol. The number of aliphatic hydroxyl groups is 1. The maximum atomic E-state index is 9.07. The van der Waals surface area contributed by atoms with Crippen LogP contribution in [0.5, 0.6) is 0 Å². The Labute approximate surface area is 127 Å². The van der Waals surface area contributed by atoms with Gasteiger partial charge in [-0.25, -0.2) is 4.98 Å². The molecule has 1 heterocycles. The molecular formula is C15H17ClN2OS. The van der Waals surface area contributed by atoms with E-state index < -0.39 is 0 Å². The van der Waals surface area contributed by atoms with Gasteiger partial charge in [0.2, 0.25) is 0 Å². The molecule has 3 rings (SSSR count). The first kappa shape index (κ1) is 13.9. The molecule has 2 N–H and O–H groups in total. The fraction of sp³-hybridized carbons (Fsp3) is 0.400. The fourth-order valence-electron chi connectivity index (χ4n) is 2.34. The number of aliphatic hydroxyl groups excluding tert-OH is 1. The van der Waals surface area contributed by atoms with Crippen molar-refractivity contribution in [2.24, 2.45) is 5.41 Å². The van der Waals surface area contributed by atoms with Crippen LogP contribution in [0.3, 0.4) is 0 Å². The van der Waals surface area contributed by atoms with E-state index >= 15 is 0 Å². The van der Waals surface area contributed by atoms with Crippen molar-refractivity contribution in [2.45, 2.75) is 19.3 Å². The van der Waals surface area contributed by atoms with Crippen molar-refractivity contribution in [1.82, 2.24) is 4.98 Å². The maximum absolute atomic E-state index is 9.07. The number of thiazole rings is 1. The standard InChI is InChI=1S/C15H17ClN2OS/c16-12-4-2-1-3-11(12)13-9-20-14(18-13)17-10-15(5-6-15)7-8-19/h1-4,9,19H,5-8,10H2,(H,17,18). The van der Waals surface area contributed by atoms with Crippen molar-refractivity contribution < 1.29 is 5.11 Å². The Morgan fingerprint density at radius 1 is 1.35 bits per heavy atom. The minimum atomic E-state index is 0.268. The molecule has 0 bridgehead atoms. The van der Waals surface area contributed by atoms with E-state index in [4.69, 9.17) is 16.7 Å². The van der Waals surface area contributed by atoms with Gasteiger partial charge in [0.25, 0.3) is 0 Å². The van der Waals surface area contributed by atoms with Crippen LogP contribution in [-0.2, 0) is 0 Å². The Morgan fingerprint density at radius 2 is 2.15 bits per heavy atom. The molecule has 0 radical (unpaired) electrons. The van der Waals surface area contributed by atoms with Crippen LogP contribution in [0.2, 0.25) is 5.02 Å². The summed E-state index contributed by atoms with van der Waals surface area (Å²) in [5, 5.41) is 16.1.